The molecule has 0 saturated heterocycles. The first kappa shape index (κ1) is 26.3. The van der Waals surface area contributed by atoms with Gasteiger partial charge in [0.05, 0.1) is 5.92 Å². The Balaban J connectivity index is 1.64. The van der Waals surface area contributed by atoms with Gasteiger partial charge in [-0.3, -0.25) is 4.57 Å². The second-order valence-corrected chi connectivity index (χ2v) is 14.4. The van der Waals surface area contributed by atoms with Crippen molar-refractivity contribution in [2.45, 2.75) is 98.6 Å². The lowest BCUT2D eigenvalue weighted by molar-refractivity contribution is -1.07. The maximum atomic E-state index is 13.9. The first-order valence-corrected chi connectivity index (χ1v) is 14.8. The van der Waals surface area contributed by atoms with Crippen LogP contribution in [0.15, 0.2) is 23.0 Å². The standard InChI is InChI=1S/C27H44NO5P/c1-17(2)28(30,18(3)4)25(29)24-11-10-22-21-9-8-19-16-20(34(31,32)33-7)12-14-26(19,5)23(21)13-15-27(22,24)6/h8,16-18,21-24,30H,9-15H2,1-7H3/p+1/t21-,22-,23-,24+,26-,27-/m0/s1. The van der Waals surface area contributed by atoms with Crippen LogP contribution in [0.3, 0.4) is 0 Å². The summed E-state index contributed by atoms with van der Waals surface area (Å²) in [5.41, 5.74) is 1.11. The summed E-state index contributed by atoms with van der Waals surface area (Å²) in [4.78, 5) is 24.1. The largest absolute Gasteiger partial charge is 0.354 e. The van der Waals surface area contributed by atoms with Gasteiger partial charge in [0.25, 0.3) is 0 Å². The average Bonchev–Trinajstić information content (AvgIpc) is 3.14. The van der Waals surface area contributed by atoms with Gasteiger partial charge in [-0.1, -0.05) is 19.9 Å². The Hall–Kier alpha value is -0.780. The monoisotopic (exact) mass is 494 g/mol. The van der Waals surface area contributed by atoms with Crippen molar-refractivity contribution >= 4 is 13.5 Å². The molecule has 0 bridgehead atoms. The Morgan fingerprint density at radius 3 is 2.35 bits per heavy atom. The fourth-order valence-corrected chi connectivity index (χ4v) is 9.34. The zero-order valence-electron chi connectivity index (χ0n) is 22.1. The molecule has 34 heavy (non-hydrogen) atoms. The van der Waals surface area contributed by atoms with Crippen LogP contribution in [0.25, 0.3) is 0 Å². The Labute approximate surface area is 205 Å². The lowest BCUT2D eigenvalue weighted by atomic mass is 9.48. The molecule has 2 N–H and O–H groups in total. The number of nitrogens with zero attached hydrogens (tertiary/aromatic N) is 1. The number of fused-ring (bicyclic) bond motifs is 5. The maximum absolute atomic E-state index is 13.9. The van der Waals surface area contributed by atoms with E-state index in [-0.39, 0.29) is 34.7 Å². The minimum Gasteiger partial charge on any atom is -0.321 e. The number of hydroxylamine groups is 3. The van der Waals surface area contributed by atoms with Gasteiger partial charge >= 0.3 is 13.5 Å². The van der Waals surface area contributed by atoms with Gasteiger partial charge in [0, 0.05) is 12.4 Å². The molecule has 7 atom stereocenters. The molecule has 1 unspecified atom stereocenters. The van der Waals surface area contributed by atoms with E-state index >= 15 is 0 Å². The second kappa shape index (κ2) is 8.66. The van der Waals surface area contributed by atoms with Crippen LogP contribution in [0, 0.1) is 34.5 Å². The predicted molar refractivity (Wildman–Crippen MR) is 133 cm³/mol. The summed E-state index contributed by atoms with van der Waals surface area (Å²) in [7, 11) is -2.40. The SMILES string of the molecule is COP(=O)(O)C1=CC2=CC[C@H]3[C@@H]4CC[C@H](C(=O)[N+](O)(C(C)C)C(C)C)[C@@]4(C)CC[C@@H]3[C@@]2(C)CC1. The van der Waals surface area contributed by atoms with E-state index < -0.39 is 12.2 Å². The second-order valence-electron chi connectivity index (χ2n) is 12.5. The Morgan fingerprint density at radius 2 is 1.76 bits per heavy atom. The highest BCUT2D eigenvalue weighted by Gasteiger charge is 2.63. The first-order valence-electron chi connectivity index (χ1n) is 13.2. The molecular weight excluding hydrogens is 449 g/mol. The fraction of sp³-hybridized carbons (Fsp3) is 0.815. The number of rotatable bonds is 5. The quantitative estimate of drug-likeness (QED) is 0.199. The van der Waals surface area contributed by atoms with E-state index in [0.29, 0.717) is 29.5 Å². The summed E-state index contributed by atoms with van der Waals surface area (Å²) in [6, 6.07) is -0.327. The van der Waals surface area contributed by atoms with E-state index in [1.165, 1.54) is 12.7 Å². The third-order valence-corrected chi connectivity index (χ3v) is 12.2. The number of quaternary nitrogens is 1. The number of amides is 1. The van der Waals surface area contributed by atoms with Crippen molar-refractivity contribution in [3.8, 4) is 0 Å². The van der Waals surface area contributed by atoms with Crippen LogP contribution in [0.5, 0.6) is 0 Å². The number of carbonyl (C=O) groups excluding carboxylic acids is 1. The van der Waals surface area contributed by atoms with Gasteiger partial charge in [0.2, 0.25) is 0 Å². The Bertz CT molecular complexity index is 947. The van der Waals surface area contributed by atoms with E-state index in [1.807, 2.05) is 33.8 Å². The zero-order valence-corrected chi connectivity index (χ0v) is 23.0. The molecule has 0 aliphatic heterocycles. The molecule has 4 rings (SSSR count). The minimum absolute atomic E-state index is 0.00372. The topological polar surface area (TPSA) is 83.8 Å². The fourth-order valence-electron chi connectivity index (χ4n) is 8.41. The molecule has 4 aliphatic rings. The van der Waals surface area contributed by atoms with E-state index in [9.17, 15) is 19.5 Å². The van der Waals surface area contributed by atoms with Crippen molar-refractivity contribution in [3.63, 3.8) is 0 Å². The minimum atomic E-state index is -3.70. The maximum Gasteiger partial charge on any atom is 0.354 e. The molecule has 1 amide bonds. The van der Waals surface area contributed by atoms with Gasteiger partial charge in [0.1, 0.15) is 12.1 Å². The lowest BCUT2D eigenvalue weighted by Crippen LogP contribution is -2.63. The molecule has 192 valence electrons. The smallest absolute Gasteiger partial charge is 0.321 e. The van der Waals surface area contributed by atoms with Crippen molar-refractivity contribution in [2.24, 2.45) is 34.5 Å². The molecular formula is C27H45NO5P+. The normalized spacial score (nSPS) is 39.6. The molecule has 0 radical (unpaired) electrons. The summed E-state index contributed by atoms with van der Waals surface area (Å²) in [6.07, 6.45) is 10.6. The molecule has 2 fully saturated rings. The molecule has 6 nitrogen and oxygen atoms in total. The number of hydrogen-bond donors (Lipinski definition) is 2. The van der Waals surface area contributed by atoms with Crippen LogP contribution in [0.2, 0.25) is 0 Å². The van der Waals surface area contributed by atoms with Gasteiger partial charge in [-0.25, -0.2) is 10.0 Å². The molecule has 0 aromatic heterocycles. The predicted octanol–water partition coefficient (Wildman–Crippen LogP) is 6.44. The molecule has 7 heteroatoms. The Kier molecular flexibility index (Phi) is 6.70. The highest BCUT2D eigenvalue weighted by molar-refractivity contribution is 7.57. The van der Waals surface area contributed by atoms with Crippen molar-refractivity contribution < 1.29 is 28.6 Å². The van der Waals surface area contributed by atoms with Crippen LogP contribution in [-0.4, -0.2) is 39.8 Å². The van der Waals surface area contributed by atoms with Gasteiger partial charge in [0.15, 0.2) is 0 Å². The van der Waals surface area contributed by atoms with Crippen molar-refractivity contribution in [1.82, 2.24) is 0 Å². The van der Waals surface area contributed by atoms with E-state index in [1.54, 1.807) is 0 Å². The van der Waals surface area contributed by atoms with Gasteiger partial charge < -0.3 is 9.42 Å². The van der Waals surface area contributed by atoms with Crippen LogP contribution < -0.4 is 0 Å². The third-order valence-electron chi connectivity index (χ3n) is 10.6. The van der Waals surface area contributed by atoms with E-state index in [0.717, 1.165) is 38.5 Å². The van der Waals surface area contributed by atoms with Crippen molar-refractivity contribution in [1.29, 1.82) is 0 Å². The lowest BCUT2D eigenvalue weighted by Gasteiger charge is -2.57. The van der Waals surface area contributed by atoms with Crippen molar-refractivity contribution in [3.05, 3.63) is 23.0 Å². The Morgan fingerprint density at radius 1 is 1.12 bits per heavy atom. The summed E-state index contributed by atoms with van der Waals surface area (Å²) in [5, 5.41) is 12.0. The summed E-state index contributed by atoms with van der Waals surface area (Å²) in [6.45, 7) is 12.4. The highest BCUT2D eigenvalue weighted by Crippen LogP contribution is 2.67. The van der Waals surface area contributed by atoms with Gasteiger partial charge in [-0.15, -0.1) is 4.65 Å². The molecule has 0 aromatic rings. The first-order chi connectivity index (χ1) is 15.7. The van der Waals surface area contributed by atoms with Gasteiger partial charge in [-0.05, 0) is 113 Å². The number of allylic oxidation sites excluding steroid dienone is 4. The van der Waals surface area contributed by atoms with E-state index in [4.69, 9.17) is 4.52 Å². The van der Waals surface area contributed by atoms with Crippen LogP contribution in [0.4, 0.5) is 0 Å². The van der Waals surface area contributed by atoms with Crippen LogP contribution in [0.1, 0.15) is 86.5 Å². The molecule has 4 aliphatic carbocycles. The van der Waals surface area contributed by atoms with Crippen LogP contribution >= 0.6 is 7.60 Å². The third kappa shape index (κ3) is 3.66. The highest BCUT2D eigenvalue weighted by atomic mass is 31.2. The molecule has 0 aromatic carbocycles. The number of carbonyl (C=O) groups is 1. The van der Waals surface area contributed by atoms with E-state index in [2.05, 4.69) is 19.9 Å². The zero-order chi connectivity index (χ0) is 25.3. The molecule has 0 heterocycles. The summed E-state index contributed by atoms with van der Waals surface area (Å²) in [5.74, 6) is 1.40. The van der Waals surface area contributed by atoms with Crippen molar-refractivity contribution in [2.75, 3.05) is 7.11 Å². The summed E-state index contributed by atoms with van der Waals surface area (Å²) >= 11 is 0. The summed E-state index contributed by atoms with van der Waals surface area (Å²) < 4.78 is 16.9. The van der Waals surface area contributed by atoms with Gasteiger partial charge in [-0.2, -0.15) is 0 Å². The van der Waals surface area contributed by atoms with Crippen LogP contribution in [-0.2, 0) is 13.9 Å². The molecule has 2 saturated carbocycles. The average molecular weight is 495 g/mol. The number of hydrogen-bond acceptors (Lipinski definition) is 4. The molecule has 0 spiro atoms.